The van der Waals surface area contributed by atoms with Crippen molar-refractivity contribution >= 4 is 11.8 Å². The van der Waals surface area contributed by atoms with E-state index in [4.69, 9.17) is 4.74 Å². The molecule has 3 N–H and O–H groups in total. The molecule has 2 fully saturated rings. The first-order valence-electron chi connectivity index (χ1n) is 8.97. The molecule has 0 aromatic carbocycles. The lowest BCUT2D eigenvalue weighted by atomic mass is 9.85. The van der Waals surface area contributed by atoms with Gasteiger partial charge < -0.3 is 25.4 Å². The summed E-state index contributed by atoms with van der Waals surface area (Å²) in [5.74, 6) is 0.307. The van der Waals surface area contributed by atoms with Crippen LogP contribution in [0.1, 0.15) is 38.5 Å². The highest BCUT2D eigenvalue weighted by Crippen LogP contribution is 2.26. The summed E-state index contributed by atoms with van der Waals surface area (Å²) in [6, 6.07) is -0.150. The molecular weight excluding hydrogens is 310 g/mol. The second-order valence-corrected chi connectivity index (χ2v) is 7.18. The quantitative estimate of drug-likeness (QED) is 0.573. The fourth-order valence-corrected chi connectivity index (χ4v) is 3.22. The number of aliphatic hydroxyl groups is 1. The highest BCUT2D eigenvalue weighted by atomic mass is 16.5. The van der Waals surface area contributed by atoms with Crippen LogP contribution in [0.3, 0.4) is 0 Å². The average molecular weight is 341 g/mol. The third-order valence-corrected chi connectivity index (χ3v) is 4.84. The number of carbonyl (C=O) groups excluding carboxylic acids is 2. The van der Waals surface area contributed by atoms with Gasteiger partial charge in [-0.15, -0.1) is 0 Å². The van der Waals surface area contributed by atoms with Gasteiger partial charge in [0.05, 0.1) is 25.3 Å². The molecule has 1 saturated carbocycles. The van der Waals surface area contributed by atoms with Gasteiger partial charge in [-0.2, -0.15) is 0 Å². The van der Waals surface area contributed by atoms with Crippen molar-refractivity contribution in [2.45, 2.75) is 56.8 Å². The van der Waals surface area contributed by atoms with Gasteiger partial charge in [0.2, 0.25) is 11.8 Å². The second kappa shape index (κ2) is 9.34. The Morgan fingerprint density at radius 1 is 1.21 bits per heavy atom. The van der Waals surface area contributed by atoms with Gasteiger partial charge in [-0.05, 0) is 46.2 Å². The van der Waals surface area contributed by atoms with Gasteiger partial charge >= 0.3 is 0 Å². The first-order valence-corrected chi connectivity index (χ1v) is 8.97. The van der Waals surface area contributed by atoms with E-state index in [0.717, 1.165) is 38.5 Å². The predicted molar refractivity (Wildman–Crippen MR) is 90.4 cm³/mol. The van der Waals surface area contributed by atoms with Crippen molar-refractivity contribution in [1.29, 1.82) is 0 Å². The van der Waals surface area contributed by atoms with Crippen LogP contribution in [0.4, 0.5) is 0 Å². The molecule has 2 amide bonds. The topological polar surface area (TPSA) is 90.9 Å². The normalized spacial score (nSPS) is 27.6. The zero-order valence-corrected chi connectivity index (χ0v) is 14.8. The number of nitrogens with one attached hydrogen (secondary N) is 2. The molecule has 0 radical (unpaired) electrons. The summed E-state index contributed by atoms with van der Waals surface area (Å²) in [6.45, 7) is 0.818. The van der Waals surface area contributed by atoms with Crippen molar-refractivity contribution in [2.75, 3.05) is 33.8 Å². The van der Waals surface area contributed by atoms with Crippen LogP contribution in [0.5, 0.6) is 0 Å². The van der Waals surface area contributed by atoms with Crippen LogP contribution in [-0.2, 0) is 14.3 Å². The van der Waals surface area contributed by atoms with Gasteiger partial charge in [-0.25, -0.2) is 0 Å². The van der Waals surface area contributed by atoms with Gasteiger partial charge in [-0.1, -0.05) is 6.42 Å². The lowest BCUT2D eigenvalue weighted by Gasteiger charge is -2.36. The first kappa shape index (κ1) is 19.1. The van der Waals surface area contributed by atoms with Crippen LogP contribution in [-0.4, -0.2) is 73.9 Å². The Hall–Kier alpha value is -1.18. The largest absolute Gasteiger partial charge is 0.394 e. The van der Waals surface area contributed by atoms with Crippen molar-refractivity contribution in [3.63, 3.8) is 0 Å². The monoisotopic (exact) mass is 341 g/mol. The molecule has 7 heteroatoms. The van der Waals surface area contributed by atoms with E-state index in [1.165, 1.54) is 0 Å². The summed E-state index contributed by atoms with van der Waals surface area (Å²) in [7, 11) is 3.68. The molecule has 138 valence electrons. The van der Waals surface area contributed by atoms with Crippen LogP contribution in [0.2, 0.25) is 0 Å². The highest BCUT2D eigenvalue weighted by Gasteiger charge is 2.32. The number of carbonyl (C=O) groups is 2. The number of aliphatic hydroxyl groups excluding tert-OH is 1. The number of likely N-dealkylation sites (N-methyl/N-ethyl adjacent to an activating group) is 1. The van der Waals surface area contributed by atoms with E-state index in [1.54, 1.807) is 4.90 Å². The molecule has 3 atom stereocenters. The Morgan fingerprint density at radius 3 is 2.54 bits per heavy atom. The minimum absolute atomic E-state index is 0.0193. The van der Waals surface area contributed by atoms with E-state index >= 15 is 0 Å². The second-order valence-electron chi connectivity index (χ2n) is 7.18. The molecule has 1 aliphatic carbocycles. The molecule has 7 nitrogen and oxygen atoms in total. The molecule has 0 aromatic rings. The number of hydrogen-bond acceptors (Lipinski definition) is 5. The van der Waals surface area contributed by atoms with Crippen molar-refractivity contribution in [3.05, 3.63) is 0 Å². The van der Waals surface area contributed by atoms with E-state index in [0.29, 0.717) is 13.1 Å². The Labute approximate surface area is 144 Å². The lowest BCUT2D eigenvalue weighted by molar-refractivity contribution is -0.130. The summed E-state index contributed by atoms with van der Waals surface area (Å²) in [5.41, 5.74) is 0. The van der Waals surface area contributed by atoms with Gasteiger partial charge in [0.15, 0.2) is 0 Å². The molecule has 1 saturated heterocycles. The van der Waals surface area contributed by atoms with Crippen molar-refractivity contribution in [3.8, 4) is 0 Å². The molecule has 0 spiro atoms. The van der Waals surface area contributed by atoms with Crippen molar-refractivity contribution in [2.24, 2.45) is 5.92 Å². The molecule has 1 aliphatic heterocycles. The van der Waals surface area contributed by atoms with Gasteiger partial charge in [-0.3, -0.25) is 9.59 Å². The maximum Gasteiger partial charge on any atom is 0.234 e. The summed E-state index contributed by atoms with van der Waals surface area (Å²) in [6.07, 6.45) is 5.16. The van der Waals surface area contributed by atoms with E-state index in [2.05, 4.69) is 10.6 Å². The van der Waals surface area contributed by atoms with E-state index in [-0.39, 0.29) is 42.6 Å². The first-order chi connectivity index (χ1) is 11.5. The standard InChI is InChI=1S/C17H31N3O4/c1-20(2)10-16(22)19-14-7-6-13(24-15(14)11-21)8-9-18-17(23)12-4-3-5-12/h12-15,21H,3-11H2,1-2H3,(H,18,23)(H,19,22)/t13-,14+,15+/m1/s1. The number of hydrogen-bond donors (Lipinski definition) is 3. The molecule has 1 heterocycles. The number of amides is 2. The Bertz CT molecular complexity index is 426. The maximum atomic E-state index is 11.9. The smallest absolute Gasteiger partial charge is 0.234 e. The summed E-state index contributed by atoms with van der Waals surface area (Å²) >= 11 is 0. The molecule has 0 aromatic heterocycles. The predicted octanol–water partition coefficient (Wildman–Crippen LogP) is -0.121. The summed E-state index contributed by atoms with van der Waals surface area (Å²) < 4.78 is 5.91. The minimum atomic E-state index is -0.378. The van der Waals surface area contributed by atoms with Crippen LogP contribution < -0.4 is 10.6 Å². The molecular formula is C17H31N3O4. The fourth-order valence-electron chi connectivity index (χ4n) is 3.22. The molecule has 0 unspecified atom stereocenters. The van der Waals surface area contributed by atoms with Crippen LogP contribution in [0.15, 0.2) is 0 Å². The highest BCUT2D eigenvalue weighted by molar-refractivity contribution is 5.79. The zero-order chi connectivity index (χ0) is 17.5. The maximum absolute atomic E-state index is 11.9. The van der Waals surface area contributed by atoms with Crippen LogP contribution >= 0.6 is 0 Å². The van der Waals surface area contributed by atoms with Gasteiger partial charge in [0, 0.05) is 12.5 Å². The minimum Gasteiger partial charge on any atom is -0.394 e. The third-order valence-electron chi connectivity index (χ3n) is 4.84. The SMILES string of the molecule is CN(C)CC(=O)N[C@H]1CC[C@H](CCNC(=O)C2CCC2)O[C@H]1CO. The van der Waals surface area contributed by atoms with Gasteiger partial charge in [0.1, 0.15) is 6.10 Å². The van der Waals surface area contributed by atoms with Crippen LogP contribution in [0, 0.1) is 5.92 Å². The Morgan fingerprint density at radius 2 is 1.96 bits per heavy atom. The molecule has 0 bridgehead atoms. The summed E-state index contributed by atoms with van der Waals surface area (Å²) in [4.78, 5) is 25.5. The lowest BCUT2D eigenvalue weighted by Crippen LogP contribution is -2.52. The third kappa shape index (κ3) is 5.72. The van der Waals surface area contributed by atoms with Crippen molar-refractivity contribution in [1.82, 2.24) is 15.5 Å². The van der Waals surface area contributed by atoms with E-state index in [1.807, 2.05) is 14.1 Å². The zero-order valence-electron chi connectivity index (χ0n) is 14.8. The van der Waals surface area contributed by atoms with E-state index in [9.17, 15) is 14.7 Å². The van der Waals surface area contributed by atoms with Gasteiger partial charge in [0.25, 0.3) is 0 Å². The number of rotatable bonds is 8. The Kier molecular flexibility index (Phi) is 7.45. The Balaban J connectivity index is 1.69. The fraction of sp³-hybridized carbons (Fsp3) is 0.882. The van der Waals surface area contributed by atoms with E-state index < -0.39 is 0 Å². The average Bonchev–Trinajstić information content (AvgIpc) is 2.45. The van der Waals surface area contributed by atoms with Crippen LogP contribution in [0.25, 0.3) is 0 Å². The summed E-state index contributed by atoms with van der Waals surface area (Å²) in [5, 5.41) is 15.5. The molecule has 2 aliphatic rings. The van der Waals surface area contributed by atoms with Crippen molar-refractivity contribution < 1.29 is 19.4 Å². The number of nitrogens with zero attached hydrogens (tertiary/aromatic N) is 1. The molecule has 24 heavy (non-hydrogen) atoms. The molecule has 2 rings (SSSR count). The number of ether oxygens (including phenoxy) is 1.